The molecule has 2 rings (SSSR count). The van der Waals surface area contributed by atoms with Crippen molar-refractivity contribution in [3.8, 4) is 0 Å². The lowest BCUT2D eigenvalue weighted by Crippen LogP contribution is -2.22. The normalized spacial score (nSPS) is 22.2. The smallest absolute Gasteiger partial charge is 0.123 e. The lowest BCUT2D eigenvalue weighted by Gasteiger charge is -2.15. The van der Waals surface area contributed by atoms with Crippen molar-refractivity contribution in [2.45, 2.75) is 17.4 Å². The Balaban J connectivity index is 1.80. The average molecular weight is 242 g/mol. The van der Waals surface area contributed by atoms with E-state index in [0.717, 1.165) is 17.9 Å². The van der Waals surface area contributed by atoms with E-state index < -0.39 is 0 Å². The molecule has 1 aromatic carbocycles. The molecule has 1 saturated heterocycles. The number of benzene rings is 1. The highest BCUT2D eigenvalue weighted by atomic mass is 32.2. The summed E-state index contributed by atoms with van der Waals surface area (Å²) in [5.41, 5.74) is 0. The topological polar surface area (TPSA) is 29.5 Å². The van der Waals surface area contributed by atoms with E-state index in [2.05, 4.69) is 0 Å². The Hall–Kier alpha value is -0.580. The Morgan fingerprint density at radius 1 is 1.44 bits per heavy atom. The average Bonchev–Trinajstić information content (AvgIpc) is 2.81. The molecule has 1 aliphatic heterocycles. The van der Waals surface area contributed by atoms with Gasteiger partial charge in [0.25, 0.3) is 0 Å². The van der Waals surface area contributed by atoms with Gasteiger partial charge in [0.05, 0.1) is 12.7 Å². The molecule has 2 atom stereocenters. The molecule has 0 bridgehead atoms. The fourth-order valence-electron chi connectivity index (χ4n) is 1.70. The molecule has 0 amide bonds. The minimum atomic E-state index is -0.336. The maximum absolute atomic E-state index is 12.7. The van der Waals surface area contributed by atoms with Crippen molar-refractivity contribution in [2.75, 3.05) is 19.0 Å². The monoisotopic (exact) mass is 242 g/mol. The molecule has 0 saturated carbocycles. The number of aliphatic hydroxyl groups is 1. The van der Waals surface area contributed by atoms with Crippen molar-refractivity contribution in [3.63, 3.8) is 0 Å². The number of hydrogen-bond donors (Lipinski definition) is 1. The van der Waals surface area contributed by atoms with Gasteiger partial charge in [-0.3, -0.25) is 0 Å². The molecular weight excluding hydrogens is 227 g/mol. The molecule has 0 aliphatic carbocycles. The zero-order valence-electron chi connectivity index (χ0n) is 8.93. The third kappa shape index (κ3) is 3.20. The molecule has 0 spiro atoms. The van der Waals surface area contributed by atoms with E-state index >= 15 is 0 Å². The summed E-state index contributed by atoms with van der Waals surface area (Å²) in [6, 6.07) is 6.34. The van der Waals surface area contributed by atoms with Gasteiger partial charge < -0.3 is 9.84 Å². The second kappa shape index (κ2) is 5.66. The van der Waals surface area contributed by atoms with Crippen LogP contribution in [0.4, 0.5) is 4.39 Å². The van der Waals surface area contributed by atoms with E-state index in [0.29, 0.717) is 12.4 Å². The Kier molecular flexibility index (Phi) is 4.21. The molecule has 1 fully saturated rings. The molecule has 4 heteroatoms. The highest BCUT2D eigenvalue weighted by Crippen LogP contribution is 2.24. The van der Waals surface area contributed by atoms with E-state index in [-0.39, 0.29) is 17.8 Å². The van der Waals surface area contributed by atoms with Gasteiger partial charge in [0.15, 0.2) is 0 Å². The fourth-order valence-corrected chi connectivity index (χ4v) is 2.67. The largest absolute Gasteiger partial charge is 0.392 e. The van der Waals surface area contributed by atoms with Crippen molar-refractivity contribution in [3.05, 3.63) is 30.1 Å². The van der Waals surface area contributed by atoms with Crippen LogP contribution in [0.1, 0.15) is 6.42 Å². The standard InChI is InChI=1S/C12H15FO2S/c13-10-1-3-11(4-2-10)16-8-12(14)9-5-6-15-7-9/h1-4,9,12,14H,5-8H2. The van der Waals surface area contributed by atoms with Crippen molar-refractivity contribution >= 4 is 11.8 Å². The Morgan fingerprint density at radius 2 is 2.19 bits per heavy atom. The highest BCUT2D eigenvalue weighted by Gasteiger charge is 2.23. The molecule has 1 N–H and O–H groups in total. The number of hydrogen-bond acceptors (Lipinski definition) is 3. The van der Waals surface area contributed by atoms with Crippen LogP contribution in [0.25, 0.3) is 0 Å². The first kappa shape index (κ1) is 11.9. The third-order valence-corrected chi connectivity index (χ3v) is 3.86. The zero-order chi connectivity index (χ0) is 11.4. The molecule has 2 unspecified atom stereocenters. The third-order valence-electron chi connectivity index (χ3n) is 2.74. The molecule has 0 radical (unpaired) electrons. The number of ether oxygens (including phenoxy) is 1. The van der Waals surface area contributed by atoms with E-state index in [9.17, 15) is 9.50 Å². The SMILES string of the molecule is OC(CSc1ccc(F)cc1)C1CCOC1. The fraction of sp³-hybridized carbons (Fsp3) is 0.500. The lowest BCUT2D eigenvalue weighted by molar-refractivity contribution is 0.109. The molecule has 1 heterocycles. The molecule has 0 aromatic heterocycles. The van der Waals surface area contributed by atoms with Gasteiger partial charge in [-0.1, -0.05) is 0 Å². The van der Waals surface area contributed by atoms with Gasteiger partial charge in [-0.05, 0) is 30.7 Å². The van der Waals surface area contributed by atoms with Crippen molar-refractivity contribution in [2.24, 2.45) is 5.92 Å². The molecule has 88 valence electrons. The van der Waals surface area contributed by atoms with Crippen molar-refractivity contribution in [1.29, 1.82) is 0 Å². The first-order chi connectivity index (χ1) is 7.75. The summed E-state index contributed by atoms with van der Waals surface area (Å²) in [6.07, 6.45) is 0.600. The van der Waals surface area contributed by atoms with Crippen LogP contribution in [0.3, 0.4) is 0 Å². The Labute approximate surface area is 98.8 Å². The Morgan fingerprint density at radius 3 is 2.81 bits per heavy atom. The summed E-state index contributed by atoms with van der Waals surface area (Å²) in [6.45, 7) is 1.41. The highest BCUT2D eigenvalue weighted by molar-refractivity contribution is 7.99. The number of thioether (sulfide) groups is 1. The summed E-state index contributed by atoms with van der Waals surface area (Å²) in [5.74, 6) is 0.668. The number of aliphatic hydroxyl groups excluding tert-OH is 1. The summed E-state index contributed by atoms with van der Waals surface area (Å²) >= 11 is 1.55. The van der Waals surface area contributed by atoms with Crippen LogP contribution in [0.5, 0.6) is 0 Å². The predicted octanol–water partition coefficient (Wildman–Crippen LogP) is 2.32. The van der Waals surface area contributed by atoms with Gasteiger partial charge in [0, 0.05) is 23.2 Å². The van der Waals surface area contributed by atoms with Gasteiger partial charge in [-0.25, -0.2) is 4.39 Å². The van der Waals surface area contributed by atoms with Gasteiger partial charge in [-0.15, -0.1) is 11.8 Å². The number of halogens is 1. The maximum atomic E-state index is 12.7. The molecule has 1 aliphatic rings. The summed E-state index contributed by atoms with van der Waals surface area (Å²) in [4.78, 5) is 0.986. The van der Waals surface area contributed by atoms with Crippen LogP contribution in [-0.2, 0) is 4.74 Å². The van der Waals surface area contributed by atoms with Crippen LogP contribution in [0.15, 0.2) is 29.2 Å². The summed E-state index contributed by atoms with van der Waals surface area (Å²) in [5, 5.41) is 9.89. The van der Waals surface area contributed by atoms with Crippen LogP contribution < -0.4 is 0 Å². The molecule has 2 nitrogen and oxygen atoms in total. The molecule has 1 aromatic rings. The second-order valence-electron chi connectivity index (χ2n) is 3.96. The summed E-state index contributed by atoms with van der Waals surface area (Å²) < 4.78 is 17.9. The zero-order valence-corrected chi connectivity index (χ0v) is 9.75. The van der Waals surface area contributed by atoms with Gasteiger partial charge in [0.2, 0.25) is 0 Å². The molecular formula is C12H15FO2S. The minimum Gasteiger partial charge on any atom is -0.392 e. The van der Waals surface area contributed by atoms with E-state index in [1.165, 1.54) is 12.1 Å². The van der Waals surface area contributed by atoms with E-state index in [4.69, 9.17) is 4.74 Å². The van der Waals surface area contributed by atoms with Gasteiger partial charge >= 0.3 is 0 Å². The van der Waals surface area contributed by atoms with Crippen molar-refractivity contribution < 1.29 is 14.2 Å². The quantitative estimate of drug-likeness (QED) is 0.822. The van der Waals surface area contributed by atoms with E-state index in [1.807, 2.05) is 0 Å². The van der Waals surface area contributed by atoms with Gasteiger partial charge in [0.1, 0.15) is 5.82 Å². The van der Waals surface area contributed by atoms with Gasteiger partial charge in [-0.2, -0.15) is 0 Å². The first-order valence-electron chi connectivity index (χ1n) is 5.40. The minimum absolute atomic E-state index is 0.228. The van der Waals surface area contributed by atoms with Crippen LogP contribution in [0.2, 0.25) is 0 Å². The Bertz CT molecular complexity index is 322. The van der Waals surface area contributed by atoms with Crippen molar-refractivity contribution in [1.82, 2.24) is 0 Å². The van der Waals surface area contributed by atoms with Crippen LogP contribution >= 0.6 is 11.8 Å². The maximum Gasteiger partial charge on any atom is 0.123 e. The number of rotatable bonds is 4. The predicted molar refractivity (Wildman–Crippen MR) is 62.1 cm³/mol. The summed E-state index contributed by atoms with van der Waals surface area (Å²) in [7, 11) is 0. The lowest BCUT2D eigenvalue weighted by atomic mass is 10.0. The van der Waals surface area contributed by atoms with Crippen LogP contribution in [0, 0.1) is 11.7 Å². The molecule has 16 heavy (non-hydrogen) atoms. The van der Waals surface area contributed by atoms with E-state index in [1.54, 1.807) is 23.9 Å². The van der Waals surface area contributed by atoms with Crippen LogP contribution in [-0.4, -0.2) is 30.2 Å². The second-order valence-corrected chi connectivity index (χ2v) is 5.05. The first-order valence-corrected chi connectivity index (χ1v) is 6.38.